The Morgan fingerprint density at radius 2 is 1.78 bits per heavy atom. The van der Waals surface area contributed by atoms with Gasteiger partial charge >= 0.3 is 12.1 Å². The molecule has 0 unspecified atom stereocenters. The van der Waals surface area contributed by atoms with Crippen LogP contribution in [-0.4, -0.2) is 60.8 Å². The second-order valence-corrected chi connectivity index (χ2v) is 14.7. The number of rotatable bonds is 8. The monoisotopic (exact) mass is 685 g/mol. The summed E-state index contributed by atoms with van der Waals surface area (Å²) < 4.78 is 17.3. The molecule has 246 valence electrons. The number of ether oxygens (including phenoxy) is 3. The third-order valence-electron chi connectivity index (χ3n) is 8.78. The molecule has 2 aromatic carbocycles. The van der Waals surface area contributed by atoms with Crippen molar-refractivity contribution in [3.05, 3.63) is 75.9 Å². The number of halogens is 2. The van der Waals surface area contributed by atoms with Gasteiger partial charge in [0.25, 0.3) is 0 Å². The molecule has 1 aromatic heterocycles. The highest BCUT2D eigenvalue weighted by Crippen LogP contribution is 2.50. The zero-order valence-corrected chi connectivity index (χ0v) is 29.3. The fraction of sp³-hybridized carbons (Fsp3) is 0.457. The number of piperidine rings is 1. The Bertz CT molecular complexity index is 1560. The molecule has 1 aliphatic carbocycles. The maximum Gasteiger partial charge on any atom is 0.410 e. The molecule has 0 radical (unpaired) electrons. The molecule has 2 aliphatic rings. The lowest BCUT2D eigenvalue weighted by Crippen LogP contribution is -2.52. The summed E-state index contributed by atoms with van der Waals surface area (Å²) >= 11 is 14.1. The van der Waals surface area contributed by atoms with Crippen molar-refractivity contribution in [1.29, 1.82) is 0 Å². The van der Waals surface area contributed by atoms with Crippen LogP contribution in [0.1, 0.15) is 68.9 Å². The van der Waals surface area contributed by atoms with Gasteiger partial charge in [-0.05, 0) is 69.6 Å². The zero-order valence-electron chi connectivity index (χ0n) is 27.0. The number of amides is 1. The van der Waals surface area contributed by atoms with E-state index in [2.05, 4.69) is 4.90 Å². The highest BCUT2D eigenvalue weighted by atomic mass is 35.5. The van der Waals surface area contributed by atoms with E-state index in [0.717, 1.165) is 37.7 Å². The topological polar surface area (TPSA) is 81.2 Å². The standard InChI is InChI=1S/C35H41Cl2N3O5S/c1-34(2,3)45-33(42)39(4)28-15-10-16-35(28)17-19-40(20-18-35)25-21-26(44-22-23-11-7-6-8-12-23)31(38-30(25)32(41)43-5)46-27-14-9-13-24(36)29(27)37/h6-9,11-14,21,28H,10,15-20,22H2,1-5H3/t28-/m0/s1. The van der Waals surface area contributed by atoms with Gasteiger partial charge in [-0.25, -0.2) is 14.6 Å². The van der Waals surface area contributed by atoms with Crippen LogP contribution in [0.4, 0.5) is 10.5 Å². The number of esters is 1. The lowest BCUT2D eigenvalue weighted by molar-refractivity contribution is 0.00485. The van der Waals surface area contributed by atoms with Crippen LogP contribution >= 0.6 is 35.0 Å². The first kappa shape index (κ1) is 34.2. The summed E-state index contributed by atoms with van der Waals surface area (Å²) in [6, 6.07) is 17.2. The molecule has 1 saturated carbocycles. The molecule has 5 rings (SSSR count). The van der Waals surface area contributed by atoms with Gasteiger partial charge in [0.2, 0.25) is 0 Å². The number of hydrogen-bond acceptors (Lipinski definition) is 8. The maximum absolute atomic E-state index is 13.2. The summed E-state index contributed by atoms with van der Waals surface area (Å²) in [5.41, 5.74) is 1.29. The molecule has 1 atom stereocenters. The van der Waals surface area contributed by atoms with E-state index >= 15 is 0 Å². The molecule has 1 amide bonds. The van der Waals surface area contributed by atoms with Gasteiger partial charge in [-0.2, -0.15) is 0 Å². The van der Waals surface area contributed by atoms with E-state index in [0.29, 0.717) is 51.1 Å². The van der Waals surface area contributed by atoms with Gasteiger partial charge in [-0.3, -0.25) is 0 Å². The predicted molar refractivity (Wildman–Crippen MR) is 182 cm³/mol. The van der Waals surface area contributed by atoms with Gasteiger partial charge in [-0.15, -0.1) is 0 Å². The fourth-order valence-corrected chi connectivity index (χ4v) is 7.88. The Morgan fingerprint density at radius 1 is 1.07 bits per heavy atom. The average molecular weight is 687 g/mol. The van der Waals surface area contributed by atoms with Crippen molar-refractivity contribution in [2.75, 3.05) is 32.1 Å². The van der Waals surface area contributed by atoms with E-state index in [4.69, 9.17) is 42.4 Å². The van der Waals surface area contributed by atoms with Crippen LogP contribution in [-0.2, 0) is 16.1 Å². The number of carbonyl (C=O) groups excluding carboxylic acids is 2. The number of pyridine rings is 1. The van der Waals surface area contributed by atoms with Gasteiger partial charge in [0.15, 0.2) is 11.4 Å². The highest BCUT2D eigenvalue weighted by molar-refractivity contribution is 7.99. The third-order valence-corrected chi connectivity index (χ3v) is 10.8. The molecular weight excluding hydrogens is 645 g/mol. The Hall–Kier alpha value is -3.14. The van der Waals surface area contributed by atoms with Crippen LogP contribution in [0.2, 0.25) is 10.0 Å². The molecular formula is C35H41Cl2N3O5S. The molecule has 8 nitrogen and oxygen atoms in total. The second kappa shape index (κ2) is 14.3. The molecule has 1 spiro atoms. The molecule has 2 fully saturated rings. The number of benzene rings is 2. The van der Waals surface area contributed by atoms with Gasteiger partial charge in [0.05, 0.1) is 22.8 Å². The molecule has 0 N–H and O–H groups in total. The van der Waals surface area contributed by atoms with Crippen LogP contribution in [0.3, 0.4) is 0 Å². The van der Waals surface area contributed by atoms with Crippen molar-refractivity contribution < 1.29 is 23.8 Å². The first-order chi connectivity index (χ1) is 21.9. The fourth-order valence-electron chi connectivity index (χ4n) is 6.50. The normalized spacial score (nSPS) is 17.5. The molecule has 3 aromatic rings. The van der Waals surface area contributed by atoms with Crippen molar-refractivity contribution in [1.82, 2.24) is 9.88 Å². The van der Waals surface area contributed by atoms with Crippen LogP contribution in [0, 0.1) is 5.41 Å². The zero-order chi connectivity index (χ0) is 33.1. The average Bonchev–Trinajstić information content (AvgIpc) is 3.44. The summed E-state index contributed by atoms with van der Waals surface area (Å²) in [5, 5.41) is 1.30. The van der Waals surface area contributed by atoms with Gasteiger partial charge in [-0.1, -0.05) is 77.8 Å². The van der Waals surface area contributed by atoms with E-state index in [1.165, 1.54) is 18.9 Å². The quantitative estimate of drug-likeness (QED) is 0.218. The minimum absolute atomic E-state index is 0.0211. The van der Waals surface area contributed by atoms with Gasteiger partial charge < -0.3 is 24.0 Å². The van der Waals surface area contributed by atoms with Crippen LogP contribution in [0.15, 0.2) is 64.5 Å². The van der Waals surface area contributed by atoms with Crippen molar-refractivity contribution in [3.63, 3.8) is 0 Å². The maximum atomic E-state index is 13.2. The second-order valence-electron chi connectivity index (χ2n) is 12.9. The van der Waals surface area contributed by atoms with E-state index < -0.39 is 11.6 Å². The smallest absolute Gasteiger partial charge is 0.410 e. The van der Waals surface area contributed by atoms with E-state index in [1.54, 1.807) is 11.0 Å². The summed E-state index contributed by atoms with van der Waals surface area (Å²) in [6.45, 7) is 7.36. The molecule has 46 heavy (non-hydrogen) atoms. The summed E-state index contributed by atoms with van der Waals surface area (Å²) in [7, 11) is 3.21. The summed E-state index contributed by atoms with van der Waals surface area (Å²) in [6.07, 6.45) is 4.48. The number of aromatic nitrogens is 1. The number of carbonyl (C=O) groups is 2. The number of anilines is 1. The van der Waals surface area contributed by atoms with Crippen LogP contribution in [0.25, 0.3) is 0 Å². The lowest BCUT2D eigenvalue weighted by atomic mass is 9.73. The highest BCUT2D eigenvalue weighted by Gasteiger charge is 2.48. The predicted octanol–water partition coefficient (Wildman–Crippen LogP) is 8.91. The number of methoxy groups -OCH3 is 1. The number of nitrogens with zero attached hydrogens (tertiary/aromatic N) is 3. The minimum Gasteiger partial charge on any atom is -0.486 e. The van der Waals surface area contributed by atoms with Crippen molar-refractivity contribution in [3.8, 4) is 5.75 Å². The Morgan fingerprint density at radius 3 is 2.46 bits per heavy atom. The van der Waals surface area contributed by atoms with Crippen molar-refractivity contribution in [2.24, 2.45) is 5.41 Å². The molecule has 1 aliphatic heterocycles. The summed E-state index contributed by atoms with van der Waals surface area (Å²) in [4.78, 5) is 35.7. The Labute approximate surface area is 285 Å². The number of hydrogen-bond donors (Lipinski definition) is 0. The summed E-state index contributed by atoms with van der Waals surface area (Å²) in [5.74, 6) is -0.0106. The van der Waals surface area contributed by atoms with Crippen LogP contribution in [0.5, 0.6) is 5.75 Å². The Kier molecular flexibility index (Phi) is 10.6. The third kappa shape index (κ3) is 7.69. The largest absolute Gasteiger partial charge is 0.486 e. The SMILES string of the molecule is COC(=O)c1nc(Sc2cccc(Cl)c2Cl)c(OCc2ccccc2)cc1N1CCC2(CCC[C@@H]2N(C)C(=O)OC(C)(C)C)CC1. The first-order valence-electron chi connectivity index (χ1n) is 15.5. The van der Waals surface area contributed by atoms with E-state index in [-0.39, 0.29) is 23.2 Å². The Balaban J connectivity index is 1.45. The van der Waals surface area contributed by atoms with Crippen molar-refractivity contribution >= 4 is 52.7 Å². The first-order valence-corrected chi connectivity index (χ1v) is 17.1. The van der Waals surface area contributed by atoms with Gasteiger partial charge in [0.1, 0.15) is 17.2 Å². The van der Waals surface area contributed by atoms with E-state index in [9.17, 15) is 9.59 Å². The molecule has 11 heteroatoms. The van der Waals surface area contributed by atoms with Crippen molar-refractivity contribution in [2.45, 2.75) is 81.0 Å². The molecule has 2 heterocycles. The van der Waals surface area contributed by atoms with Crippen LogP contribution < -0.4 is 9.64 Å². The van der Waals surface area contributed by atoms with E-state index in [1.807, 2.05) is 76.3 Å². The lowest BCUT2D eigenvalue weighted by Gasteiger charge is -2.46. The minimum atomic E-state index is -0.555. The molecule has 1 saturated heterocycles. The van der Waals surface area contributed by atoms with Gasteiger partial charge in [0, 0.05) is 37.1 Å². The molecule has 0 bridgehead atoms.